The fraction of sp³-hybridized carbons (Fsp3) is 0.250. The van der Waals surface area contributed by atoms with E-state index in [2.05, 4.69) is 0 Å². The monoisotopic (exact) mass is 242 g/mol. The lowest BCUT2D eigenvalue weighted by molar-refractivity contribution is 0.198. The van der Waals surface area contributed by atoms with Gasteiger partial charge in [-0.25, -0.2) is 0 Å². The molecule has 2 nitrogen and oxygen atoms in total. The van der Waals surface area contributed by atoms with E-state index in [9.17, 15) is 5.11 Å². The number of aliphatic hydroxyl groups excluding tert-OH is 1. The molecule has 2 aromatic rings. The molecule has 0 bridgehead atoms. The summed E-state index contributed by atoms with van der Waals surface area (Å²) in [6.07, 6.45) is -0.468. The van der Waals surface area contributed by atoms with Crippen molar-refractivity contribution in [3.63, 3.8) is 0 Å². The molecule has 0 spiro atoms. The molecule has 94 valence electrons. The maximum absolute atomic E-state index is 9.57. The van der Waals surface area contributed by atoms with Gasteiger partial charge < -0.3 is 9.84 Å². The second-order valence-corrected chi connectivity index (χ2v) is 4.48. The van der Waals surface area contributed by atoms with Gasteiger partial charge in [0.05, 0.1) is 6.10 Å². The molecule has 0 aliphatic heterocycles. The Labute approximate surface area is 108 Å². The van der Waals surface area contributed by atoms with Gasteiger partial charge in [-0.15, -0.1) is 0 Å². The van der Waals surface area contributed by atoms with E-state index in [1.54, 1.807) is 6.92 Å². The van der Waals surface area contributed by atoms with Crippen LogP contribution in [-0.2, 0) is 6.61 Å². The van der Waals surface area contributed by atoms with Crippen LogP contribution in [0.4, 0.5) is 0 Å². The highest BCUT2D eigenvalue weighted by Crippen LogP contribution is 2.24. The zero-order chi connectivity index (χ0) is 13.0. The Hall–Kier alpha value is -1.80. The van der Waals surface area contributed by atoms with Gasteiger partial charge in [0.2, 0.25) is 0 Å². The predicted octanol–water partition coefficient (Wildman–Crippen LogP) is 3.63. The van der Waals surface area contributed by atoms with E-state index >= 15 is 0 Å². The van der Waals surface area contributed by atoms with E-state index in [-0.39, 0.29) is 0 Å². The Morgan fingerprint density at radius 2 is 1.83 bits per heavy atom. The second kappa shape index (κ2) is 5.69. The highest BCUT2D eigenvalue weighted by atomic mass is 16.5. The van der Waals surface area contributed by atoms with Gasteiger partial charge in [0.25, 0.3) is 0 Å². The molecule has 18 heavy (non-hydrogen) atoms. The van der Waals surface area contributed by atoms with Crippen LogP contribution in [0.1, 0.15) is 29.7 Å². The molecule has 1 unspecified atom stereocenters. The summed E-state index contributed by atoms with van der Waals surface area (Å²) >= 11 is 0. The minimum absolute atomic E-state index is 0.468. The molecule has 0 heterocycles. The van der Waals surface area contributed by atoms with Crippen molar-refractivity contribution in [1.29, 1.82) is 0 Å². The van der Waals surface area contributed by atoms with Gasteiger partial charge in [0, 0.05) is 0 Å². The van der Waals surface area contributed by atoms with E-state index in [0.717, 1.165) is 22.4 Å². The zero-order valence-electron chi connectivity index (χ0n) is 10.8. The third-order valence-electron chi connectivity index (χ3n) is 2.93. The van der Waals surface area contributed by atoms with Crippen molar-refractivity contribution in [3.8, 4) is 5.75 Å². The number of ether oxygens (including phenoxy) is 1. The molecule has 0 fully saturated rings. The van der Waals surface area contributed by atoms with Gasteiger partial charge in [-0.1, -0.05) is 42.5 Å². The number of hydrogen-bond donors (Lipinski definition) is 1. The standard InChI is InChI=1S/C16H18O2/c1-12-8-9-15(13(2)17)10-16(12)18-11-14-6-4-3-5-7-14/h3-10,13,17H,11H2,1-2H3. The van der Waals surface area contributed by atoms with Crippen LogP contribution in [0.3, 0.4) is 0 Å². The minimum Gasteiger partial charge on any atom is -0.489 e. The summed E-state index contributed by atoms with van der Waals surface area (Å²) in [5, 5.41) is 9.57. The maximum Gasteiger partial charge on any atom is 0.123 e. The highest BCUT2D eigenvalue weighted by Gasteiger charge is 2.05. The van der Waals surface area contributed by atoms with Crippen LogP contribution in [0.5, 0.6) is 5.75 Å². The van der Waals surface area contributed by atoms with E-state index in [1.165, 1.54) is 0 Å². The molecule has 0 saturated heterocycles. The van der Waals surface area contributed by atoms with E-state index < -0.39 is 6.10 Å². The van der Waals surface area contributed by atoms with Crippen molar-refractivity contribution in [3.05, 3.63) is 65.2 Å². The molecule has 2 rings (SSSR count). The minimum atomic E-state index is -0.468. The quantitative estimate of drug-likeness (QED) is 0.887. The fourth-order valence-corrected chi connectivity index (χ4v) is 1.77. The third kappa shape index (κ3) is 3.11. The predicted molar refractivity (Wildman–Crippen MR) is 72.6 cm³/mol. The zero-order valence-corrected chi connectivity index (χ0v) is 10.8. The van der Waals surface area contributed by atoms with Gasteiger partial charge >= 0.3 is 0 Å². The molecule has 0 amide bonds. The largest absolute Gasteiger partial charge is 0.489 e. The van der Waals surface area contributed by atoms with Crippen LogP contribution in [0, 0.1) is 6.92 Å². The Bertz CT molecular complexity index is 504. The molecule has 2 aromatic carbocycles. The number of hydrogen-bond acceptors (Lipinski definition) is 2. The van der Waals surface area contributed by atoms with Crippen molar-refractivity contribution < 1.29 is 9.84 Å². The topological polar surface area (TPSA) is 29.5 Å². The highest BCUT2D eigenvalue weighted by molar-refractivity contribution is 5.37. The van der Waals surface area contributed by atoms with E-state index in [1.807, 2.05) is 55.5 Å². The first-order valence-corrected chi connectivity index (χ1v) is 6.12. The number of benzene rings is 2. The number of aliphatic hydroxyl groups is 1. The number of aryl methyl sites for hydroxylation is 1. The average Bonchev–Trinajstić information content (AvgIpc) is 2.38. The first-order valence-electron chi connectivity index (χ1n) is 6.12. The number of rotatable bonds is 4. The van der Waals surface area contributed by atoms with E-state index in [0.29, 0.717) is 6.61 Å². The molecule has 1 atom stereocenters. The SMILES string of the molecule is Cc1ccc(C(C)O)cc1OCc1ccccc1. The van der Waals surface area contributed by atoms with Gasteiger partial charge in [-0.05, 0) is 36.6 Å². The average molecular weight is 242 g/mol. The maximum atomic E-state index is 9.57. The van der Waals surface area contributed by atoms with E-state index in [4.69, 9.17) is 4.74 Å². The molecule has 0 saturated carbocycles. The van der Waals surface area contributed by atoms with Crippen LogP contribution < -0.4 is 4.74 Å². The lowest BCUT2D eigenvalue weighted by Crippen LogP contribution is -1.99. The van der Waals surface area contributed by atoms with Crippen LogP contribution in [0.15, 0.2) is 48.5 Å². The normalized spacial score (nSPS) is 12.2. The molecule has 0 aliphatic carbocycles. The third-order valence-corrected chi connectivity index (χ3v) is 2.93. The summed E-state index contributed by atoms with van der Waals surface area (Å²) in [5.41, 5.74) is 3.10. The summed E-state index contributed by atoms with van der Waals surface area (Å²) in [6.45, 7) is 4.31. The van der Waals surface area contributed by atoms with Gasteiger partial charge in [-0.2, -0.15) is 0 Å². The molecule has 0 radical (unpaired) electrons. The fourth-order valence-electron chi connectivity index (χ4n) is 1.77. The summed E-state index contributed by atoms with van der Waals surface area (Å²) in [6, 6.07) is 15.9. The van der Waals surface area contributed by atoms with Gasteiger partial charge in [0.1, 0.15) is 12.4 Å². The molecule has 0 aliphatic rings. The van der Waals surface area contributed by atoms with Crippen LogP contribution in [-0.4, -0.2) is 5.11 Å². The smallest absolute Gasteiger partial charge is 0.123 e. The summed E-state index contributed by atoms with van der Waals surface area (Å²) in [7, 11) is 0. The van der Waals surface area contributed by atoms with Crippen LogP contribution in [0.25, 0.3) is 0 Å². The molecule has 0 aromatic heterocycles. The Morgan fingerprint density at radius 3 is 2.50 bits per heavy atom. The molecule has 2 heteroatoms. The lowest BCUT2D eigenvalue weighted by Gasteiger charge is -2.12. The Morgan fingerprint density at radius 1 is 1.11 bits per heavy atom. The lowest BCUT2D eigenvalue weighted by atomic mass is 10.1. The van der Waals surface area contributed by atoms with Crippen molar-refractivity contribution in [1.82, 2.24) is 0 Å². The first kappa shape index (κ1) is 12.7. The van der Waals surface area contributed by atoms with Crippen LogP contribution >= 0.6 is 0 Å². The van der Waals surface area contributed by atoms with Crippen molar-refractivity contribution in [2.45, 2.75) is 26.6 Å². The molecular formula is C16H18O2. The summed E-state index contributed by atoms with van der Waals surface area (Å²) in [4.78, 5) is 0. The molecule has 1 N–H and O–H groups in total. The van der Waals surface area contributed by atoms with Crippen molar-refractivity contribution in [2.24, 2.45) is 0 Å². The van der Waals surface area contributed by atoms with Gasteiger partial charge in [-0.3, -0.25) is 0 Å². The van der Waals surface area contributed by atoms with Gasteiger partial charge in [0.15, 0.2) is 0 Å². The second-order valence-electron chi connectivity index (χ2n) is 4.48. The van der Waals surface area contributed by atoms with Crippen molar-refractivity contribution >= 4 is 0 Å². The summed E-state index contributed by atoms with van der Waals surface area (Å²) in [5.74, 6) is 0.831. The molecular weight excluding hydrogens is 224 g/mol. The Balaban J connectivity index is 2.11. The first-order chi connectivity index (χ1) is 8.66. The van der Waals surface area contributed by atoms with Crippen LogP contribution in [0.2, 0.25) is 0 Å². The summed E-state index contributed by atoms with van der Waals surface area (Å²) < 4.78 is 5.80. The Kier molecular flexibility index (Phi) is 4.00. The van der Waals surface area contributed by atoms with Crippen molar-refractivity contribution in [2.75, 3.05) is 0 Å².